The van der Waals surface area contributed by atoms with Crippen molar-refractivity contribution in [1.82, 2.24) is 15.5 Å². The summed E-state index contributed by atoms with van der Waals surface area (Å²) in [5, 5.41) is 16.9. The number of nitrogens with zero attached hydrogens (tertiary/aromatic N) is 2. The molecule has 7 heteroatoms. The van der Waals surface area contributed by atoms with Gasteiger partial charge in [-0.3, -0.25) is 0 Å². The molecule has 1 aliphatic heterocycles. The smallest absolute Gasteiger partial charge is 0.227 e. The van der Waals surface area contributed by atoms with Crippen molar-refractivity contribution in [3.05, 3.63) is 36.0 Å². The second kappa shape index (κ2) is 6.55. The van der Waals surface area contributed by atoms with Crippen molar-refractivity contribution in [3.63, 3.8) is 0 Å². The SMILES string of the molecule is OC(CNCCc1ncno1)c1ccc2c(c1)OCCO2. The average molecular weight is 291 g/mol. The molecule has 2 N–H and O–H groups in total. The Kier molecular flexibility index (Phi) is 4.32. The van der Waals surface area contributed by atoms with Crippen molar-refractivity contribution in [2.75, 3.05) is 26.3 Å². The molecular formula is C14H17N3O4. The predicted octanol–water partition coefficient (Wildman–Crippen LogP) is 0.706. The Bertz CT molecular complexity index is 574. The molecule has 0 bridgehead atoms. The van der Waals surface area contributed by atoms with Crippen LogP contribution in [-0.2, 0) is 6.42 Å². The number of aromatic nitrogens is 2. The van der Waals surface area contributed by atoms with Gasteiger partial charge in [0.1, 0.15) is 13.2 Å². The number of hydrogen-bond acceptors (Lipinski definition) is 7. The van der Waals surface area contributed by atoms with Gasteiger partial charge in [0.25, 0.3) is 0 Å². The summed E-state index contributed by atoms with van der Waals surface area (Å²) in [4.78, 5) is 3.93. The van der Waals surface area contributed by atoms with Crippen molar-refractivity contribution in [1.29, 1.82) is 0 Å². The molecule has 2 heterocycles. The van der Waals surface area contributed by atoms with Crippen LogP contribution >= 0.6 is 0 Å². The summed E-state index contributed by atoms with van der Waals surface area (Å²) < 4.78 is 15.9. The van der Waals surface area contributed by atoms with Crippen LogP contribution in [0.25, 0.3) is 0 Å². The Morgan fingerprint density at radius 2 is 2.10 bits per heavy atom. The van der Waals surface area contributed by atoms with E-state index in [-0.39, 0.29) is 0 Å². The highest BCUT2D eigenvalue weighted by Crippen LogP contribution is 2.32. The average Bonchev–Trinajstić information content (AvgIpc) is 3.04. The van der Waals surface area contributed by atoms with Crippen LogP contribution < -0.4 is 14.8 Å². The Morgan fingerprint density at radius 1 is 1.24 bits per heavy atom. The summed E-state index contributed by atoms with van der Waals surface area (Å²) in [6.45, 7) is 2.19. The summed E-state index contributed by atoms with van der Waals surface area (Å²) in [6, 6.07) is 5.49. The van der Waals surface area contributed by atoms with Crippen molar-refractivity contribution in [2.24, 2.45) is 0 Å². The molecule has 0 aliphatic carbocycles. The standard InChI is InChI=1S/C14H17N3O4/c18-11(8-15-4-3-14-16-9-17-21-14)10-1-2-12-13(7-10)20-6-5-19-12/h1-2,7,9,11,15,18H,3-6,8H2. The van der Waals surface area contributed by atoms with Gasteiger partial charge in [0.2, 0.25) is 5.89 Å². The Labute approximate surface area is 121 Å². The molecule has 1 atom stereocenters. The van der Waals surface area contributed by atoms with Gasteiger partial charge in [-0.2, -0.15) is 4.98 Å². The Morgan fingerprint density at radius 3 is 2.90 bits per heavy atom. The van der Waals surface area contributed by atoms with Gasteiger partial charge in [-0.25, -0.2) is 0 Å². The summed E-state index contributed by atoms with van der Waals surface area (Å²) in [5.74, 6) is 1.99. The lowest BCUT2D eigenvalue weighted by Crippen LogP contribution is -2.24. The summed E-state index contributed by atoms with van der Waals surface area (Å²) in [7, 11) is 0. The maximum absolute atomic E-state index is 10.2. The normalized spacial score (nSPS) is 14.9. The fourth-order valence-electron chi connectivity index (χ4n) is 2.13. The molecule has 0 radical (unpaired) electrons. The first-order chi connectivity index (χ1) is 10.3. The third-order valence-corrected chi connectivity index (χ3v) is 3.21. The van der Waals surface area contributed by atoms with Gasteiger partial charge in [-0.1, -0.05) is 11.2 Å². The zero-order chi connectivity index (χ0) is 14.5. The number of aliphatic hydroxyl groups is 1. The largest absolute Gasteiger partial charge is 0.486 e. The lowest BCUT2D eigenvalue weighted by atomic mass is 10.1. The van der Waals surface area contributed by atoms with E-state index in [1.807, 2.05) is 18.2 Å². The second-order valence-electron chi connectivity index (χ2n) is 4.71. The molecular weight excluding hydrogens is 274 g/mol. The molecule has 112 valence electrons. The number of aliphatic hydroxyl groups excluding tert-OH is 1. The highest BCUT2D eigenvalue weighted by Gasteiger charge is 2.15. The zero-order valence-electron chi connectivity index (χ0n) is 11.5. The zero-order valence-corrected chi connectivity index (χ0v) is 11.5. The highest BCUT2D eigenvalue weighted by molar-refractivity contribution is 5.44. The van der Waals surface area contributed by atoms with E-state index >= 15 is 0 Å². The lowest BCUT2D eigenvalue weighted by molar-refractivity contribution is 0.163. The van der Waals surface area contributed by atoms with Gasteiger partial charge in [0.05, 0.1) is 6.10 Å². The molecule has 0 saturated heterocycles. The summed E-state index contributed by atoms with van der Waals surface area (Å²) in [5.41, 5.74) is 0.796. The van der Waals surface area contributed by atoms with Gasteiger partial charge < -0.3 is 24.4 Å². The van der Waals surface area contributed by atoms with Crippen LogP contribution in [0, 0.1) is 0 Å². The first-order valence-corrected chi connectivity index (χ1v) is 6.87. The van der Waals surface area contributed by atoms with Gasteiger partial charge >= 0.3 is 0 Å². The van der Waals surface area contributed by atoms with E-state index in [0.29, 0.717) is 44.4 Å². The molecule has 21 heavy (non-hydrogen) atoms. The quantitative estimate of drug-likeness (QED) is 0.757. The molecule has 1 aromatic heterocycles. The van der Waals surface area contributed by atoms with Crippen LogP contribution in [0.15, 0.2) is 29.0 Å². The third kappa shape index (κ3) is 3.50. The van der Waals surface area contributed by atoms with Crippen LogP contribution in [0.1, 0.15) is 17.6 Å². The summed E-state index contributed by atoms with van der Waals surface area (Å²) >= 11 is 0. The molecule has 3 rings (SSSR count). The molecule has 0 fully saturated rings. The van der Waals surface area contributed by atoms with Crippen LogP contribution in [0.5, 0.6) is 11.5 Å². The molecule has 1 aromatic carbocycles. The monoisotopic (exact) mass is 291 g/mol. The highest BCUT2D eigenvalue weighted by atomic mass is 16.6. The maximum Gasteiger partial charge on any atom is 0.227 e. The van der Waals surface area contributed by atoms with Crippen LogP contribution in [-0.4, -0.2) is 41.6 Å². The summed E-state index contributed by atoms with van der Waals surface area (Å²) in [6.07, 6.45) is 1.40. The van der Waals surface area contributed by atoms with E-state index in [4.69, 9.17) is 14.0 Å². The number of fused-ring (bicyclic) bond motifs is 1. The van der Waals surface area contributed by atoms with E-state index in [0.717, 1.165) is 11.3 Å². The molecule has 7 nitrogen and oxygen atoms in total. The molecule has 1 aliphatic rings. The van der Waals surface area contributed by atoms with Gasteiger partial charge in [0, 0.05) is 19.5 Å². The lowest BCUT2D eigenvalue weighted by Gasteiger charge is -2.20. The van der Waals surface area contributed by atoms with Gasteiger partial charge in [0.15, 0.2) is 17.8 Å². The molecule has 1 unspecified atom stereocenters. The van der Waals surface area contributed by atoms with Crippen molar-refractivity contribution in [2.45, 2.75) is 12.5 Å². The number of nitrogens with one attached hydrogen (secondary N) is 1. The molecule has 0 saturated carbocycles. The minimum absolute atomic E-state index is 0.438. The Balaban J connectivity index is 1.49. The molecule has 0 amide bonds. The van der Waals surface area contributed by atoms with E-state index < -0.39 is 6.10 Å². The number of benzene rings is 1. The van der Waals surface area contributed by atoms with Gasteiger partial charge in [-0.15, -0.1) is 0 Å². The first kappa shape index (κ1) is 13.8. The van der Waals surface area contributed by atoms with Crippen LogP contribution in [0.4, 0.5) is 0 Å². The van der Waals surface area contributed by atoms with Crippen molar-refractivity contribution in [3.8, 4) is 11.5 Å². The molecule has 2 aromatic rings. The number of rotatable bonds is 6. The van der Waals surface area contributed by atoms with Crippen molar-refractivity contribution < 1.29 is 19.1 Å². The van der Waals surface area contributed by atoms with Crippen molar-refractivity contribution >= 4 is 0 Å². The second-order valence-corrected chi connectivity index (χ2v) is 4.71. The predicted molar refractivity (Wildman–Crippen MR) is 73.3 cm³/mol. The van der Waals surface area contributed by atoms with E-state index in [1.165, 1.54) is 6.33 Å². The minimum atomic E-state index is -0.608. The topological polar surface area (TPSA) is 89.6 Å². The minimum Gasteiger partial charge on any atom is -0.486 e. The van der Waals surface area contributed by atoms with E-state index in [1.54, 1.807) is 0 Å². The number of ether oxygens (including phenoxy) is 2. The first-order valence-electron chi connectivity index (χ1n) is 6.87. The van der Waals surface area contributed by atoms with Crippen LogP contribution in [0.3, 0.4) is 0 Å². The fourth-order valence-corrected chi connectivity index (χ4v) is 2.13. The molecule has 0 spiro atoms. The maximum atomic E-state index is 10.2. The van der Waals surface area contributed by atoms with Gasteiger partial charge in [-0.05, 0) is 17.7 Å². The van der Waals surface area contributed by atoms with E-state index in [9.17, 15) is 5.11 Å². The third-order valence-electron chi connectivity index (χ3n) is 3.21. The number of hydrogen-bond donors (Lipinski definition) is 2. The Hall–Kier alpha value is -2.12. The van der Waals surface area contributed by atoms with Crippen LogP contribution in [0.2, 0.25) is 0 Å². The van der Waals surface area contributed by atoms with E-state index in [2.05, 4.69) is 15.5 Å². The fraction of sp³-hybridized carbons (Fsp3) is 0.429.